The molecule has 0 amide bonds. The summed E-state index contributed by atoms with van der Waals surface area (Å²) in [5.74, 6) is 1.01. The summed E-state index contributed by atoms with van der Waals surface area (Å²) in [5.41, 5.74) is 0.344. The van der Waals surface area contributed by atoms with Crippen LogP contribution in [0.5, 0.6) is 0 Å². The molecule has 1 fully saturated rings. The van der Waals surface area contributed by atoms with Crippen molar-refractivity contribution in [2.24, 2.45) is 5.92 Å². The van der Waals surface area contributed by atoms with Gasteiger partial charge >= 0.3 is 0 Å². The maximum absolute atomic E-state index is 2.62. The zero-order valence-electron chi connectivity index (χ0n) is 9.22. The van der Waals surface area contributed by atoms with E-state index in [0.29, 0.717) is 11.6 Å². The predicted octanol–water partition coefficient (Wildman–Crippen LogP) is 2.91. The fourth-order valence-corrected chi connectivity index (χ4v) is 1.84. The smallest absolute Gasteiger partial charge is 0.0127 e. The van der Waals surface area contributed by atoms with Crippen LogP contribution in [-0.4, -0.2) is 23.0 Å². The van der Waals surface area contributed by atoms with Crippen molar-refractivity contribution in [2.45, 2.75) is 59.0 Å². The van der Waals surface area contributed by atoms with Crippen LogP contribution >= 0.6 is 0 Å². The average Bonchev–Trinajstić information content (AvgIpc) is 2.61. The molecule has 12 heavy (non-hydrogen) atoms. The van der Waals surface area contributed by atoms with Crippen LogP contribution < -0.4 is 0 Å². The van der Waals surface area contributed by atoms with E-state index >= 15 is 0 Å². The highest BCUT2D eigenvalue weighted by Gasteiger charge is 2.30. The highest BCUT2D eigenvalue weighted by molar-refractivity contribution is 4.85. The Morgan fingerprint density at radius 3 is 2.00 bits per heavy atom. The lowest BCUT2D eigenvalue weighted by Crippen LogP contribution is -2.46. The lowest BCUT2D eigenvalue weighted by atomic mass is 10.0. The van der Waals surface area contributed by atoms with Gasteiger partial charge in [-0.05, 0) is 53.4 Å². The molecule has 0 aliphatic heterocycles. The summed E-state index contributed by atoms with van der Waals surface area (Å²) in [4.78, 5) is 2.62. The lowest BCUT2D eigenvalue weighted by molar-refractivity contribution is 0.0931. The van der Waals surface area contributed by atoms with Crippen molar-refractivity contribution >= 4 is 0 Å². The van der Waals surface area contributed by atoms with Crippen molar-refractivity contribution < 1.29 is 0 Å². The van der Waals surface area contributed by atoms with Crippen LogP contribution in [0.1, 0.15) is 47.5 Å². The molecule has 1 heteroatoms. The largest absolute Gasteiger partial charge is 0.296 e. The molecule has 0 bridgehead atoms. The first-order chi connectivity index (χ1) is 5.41. The summed E-state index contributed by atoms with van der Waals surface area (Å²) in [7, 11) is 0. The fraction of sp³-hybridized carbons (Fsp3) is 1.00. The van der Waals surface area contributed by atoms with Crippen LogP contribution in [0.2, 0.25) is 0 Å². The van der Waals surface area contributed by atoms with E-state index < -0.39 is 0 Å². The van der Waals surface area contributed by atoms with Gasteiger partial charge in [0.15, 0.2) is 0 Å². The topological polar surface area (TPSA) is 3.24 Å². The van der Waals surface area contributed by atoms with Crippen LogP contribution in [0, 0.1) is 5.92 Å². The first-order valence-corrected chi connectivity index (χ1v) is 5.18. The van der Waals surface area contributed by atoms with E-state index in [4.69, 9.17) is 0 Å². The van der Waals surface area contributed by atoms with Crippen LogP contribution in [-0.2, 0) is 0 Å². The monoisotopic (exact) mass is 169 g/mol. The quantitative estimate of drug-likeness (QED) is 0.628. The normalized spacial score (nSPS) is 19.2. The Bertz CT molecular complexity index is 140. The van der Waals surface area contributed by atoms with Gasteiger partial charge in [0.1, 0.15) is 0 Å². The molecule has 0 unspecified atom stereocenters. The summed E-state index contributed by atoms with van der Waals surface area (Å²) in [6.45, 7) is 12.8. The fourth-order valence-electron chi connectivity index (χ4n) is 1.84. The standard InChI is InChI=1S/C11H23N/c1-9(2)12(11(3,4)5)8-10-6-7-10/h9-10H,6-8H2,1-5H3. The number of rotatable bonds is 3. The van der Waals surface area contributed by atoms with Crippen molar-refractivity contribution in [3.05, 3.63) is 0 Å². The zero-order valence-corrected chi connectivity index (χ0v) is 9.22. The van der Waals surface area contributed by atoms with Crippen LogP contribution in [0.3, 0.4) is 0 Å². The molecule has 1 aliphatic carbocycles. The van der Waals surface area contributed by atoms with E-state index in [9.17, 15) is 0 Å². The average molecular weight is 169 g/mol. The summed E-state index contributed by atoms with van der Waals surface area (Å²) in [6.07, 6.45) is 2.92. The molecule has 1 aliphatic rings. The molecule has 1 nitrogen and oxygen atoms in total. The molecule has 72 valence electrons. The van der Waals surface area contributed by atoms with Crippen molar-refractivity contribution in [2.75, 3.05) is 6.54 Å². The molecular weight excluding hydrogens is 146 g/mol. The molecular formula is C11H23N. The summed E-state index contributed by atoms with van der Waals surface area (Å²) in [6, 6.07) is 0.686. The van der Waals surface area contributed by atoms with Gasteiger partial charge in [-0.2, -0.15) is 0 Å². The molecule has 0 heterocycles. The van der Waals surface area contributed by atoms with Gasteiger partial charge in [0.25, 0.3) is 0 Å². The Kier molecular flexibility index (Phi) is 2.82. The second-order valence-corrected chi connectivity index (χ2v) is 5.36. The SMILES string of the molecule is CC(C)N(CC1CC1)C(C)(C)C. The molecule has 0 aromatic heterocycles. The Balaban J connectivity index is 2.47. The molecule has 0 radical (unpaired) electrons. The summed E-state index contributed by atoms with van der Waals surface area (Å²) < 4.78 is 0. The zero-order chi connectivity index (χ0) is 9.35. The molecule has 0 saturated heterocycles. The first-order valence-electron chi connectivity index (χ1n) is 5.18. The van der Waals surface area contributed by atoms with Crippen molar-refractivity contribution in [1.82, 2.24) is 4.90 Å². The van der Waals surface area contributed by atoms with E-state index in [1.807, 2.05) is 0 Å². The van der Waals surface area contributed by atoms with Crippen molar-refractivity contribution in [3.63, 3.8) is 0 Å². The summed E-state index contributed by atoms with van der Waals surface area (Å²) in [5, 5.41) is 0. The number of nitrogens with zero attached hydrogens (tertiary/aromatic N) is 1. The van der Waals surface area contributed by atoms with Gasteiger partial charge in [-0.25, -0.2) is 0 Å². The van der Waals surface area contributed by atoms with Gasteiger partial charge in [-0.1, -0.05) is 0 Å². The Hall–Kier alpha value is -0.0400. The molecule has 1 saturated carbocycles. The molecule has 1 rings (SSSR count). The third-order valence-corrected chi connectivity index (χ3v) is 2.64. The maximum Gasteiger partial charge on any atom is 0.0127 e. The van der Waals surface area contributed by atoms with Crippen LogP contribution in [0.4, 0.5) is 0 Å². The molecule has 0 N–H and O–H groups in total. The Labute approximate surface area is 77.1 Å². The van der Waals surface area contributed by atoms with E-state index in [1.165, 1.54) is 19.4 Å². The lowest BCUT2D eigenvalue weighted by Gasteiger charge is -2.39. The van der Waals surface area contributed by atoms with Crippen LogP contribution in [0.25, 0.3) is 0 Å². The highest BCUT2D eigenvalue weighted by Crippen LogP contribution is 2.32. The Morgan fingerprint density at radius 1 is 1.25 bits per heavy atom. The van der Waals surface area contributed by atoms with Gasteiger partial charge in [0.05, 0.1) is 0 Å². The second kappa shape index (κ2) is 3.37. The molecule has 0 aromatic carbocycles. The van der Waals surface area contributed by atoms with Gasteiger partial charge < -0.3 is 0 Å². The van der Waals surface area contributed by atoms with E-state index in [1.54, 1.807) is 0 Å². The minimum Gasteiger partial charge on any atom is -0.296 e. The molecule has 0 spiro atoms. The highest BCUT2D eigenvalue weighted by atomic mass is 15.2. The van der Waals surface area contributed by atoms with E-state index in [-0.39, 0.29) is 0 Å². The van der Waals surface area contributed by atoms with Crippen molar-refractivity contribution in [1.29, 1.82) is 0 Å². The maximum atomic E-state index is 2.62. The minimum absolute atomic E-state index is 0.344. The third-order valence-electron chi connectivity index (χ3n) is 2.64. The van der Waals surface area contributed by atoms with Gasteiger partial charge in [-0.3, -0.25) is 4.90 Å². The molecule has 0 aromatic rings. The second-order valence-electron chi connectivity index (χ2n) is 5.36. The van der Waals surface area contributed by atoms with Crippen molar-refractivity contribution in [3.8, 4) is 0 Å². The van der Waals surface area contributed by atoms with E-state index in [0.717, 1.165) is 5.92 Å². The van der Waals surface area contributed by atoms with Gasteiger partial charge in [0, 0.05) is 18.1 Å². The Morgan fingerprint density at radius 2 is 1.75 bits per heavy atom. The first kappa shape index (κ1) is 10.0. The minimum atomic E-state index is 0.344. The van der Waals surface area contributed by atoms with Gasteiger partial charge in [-0.15, -0.1) is 0 Å². The third kappa shape index (κ3) is 2.78. The summed E-state index contributed by atoms with van der Waals surface area (Å²) >= 11 is 0. The number of hydrogen-bond acceptors (Lipinski definition) is 1. The predicted molar refractivity (Wildman–Crippen MR) is 54.3 cm³/mol. The molecule has 0 atom stereocenters. The van der Waals surface area contributed by atoms with E-state index in [2.05, 4.69) is 39.5 Å². The van der Waals surface area contributed by atoms with Crippen LogP contribution in [0.15, 0.2) is 0 Å². The van der Waals surface area contributed by atoms with Gasteiger partial charge in [0.2, 0.25) is 0 Å². The number of hydrogen-bond donors (Lipinski definition) is 0.